The fourth-order valence-corrected chi connectivity index (χ4v) is 2.59. The number of nitrogens with zero attached hydrogens (tertiary/aromatic N) is 3. The van der Waals surface area contributed by atoms with Crippen molar-refractivity contribution in [2.24, 2.45) is 4.99 Å². The molecule has 154 valence electrons. The molecule has 2 N–H and O–H groups in total. The molecule has 0 aromatic heterocycles. The summed E-state index contributed by atoms with van der Waals surface area (Å²) >= 11 is 0. The molecule has 9 heteroatoms. The van der Waals surface area contributed by atoms with Crippen molar-refractivity contribution < 1.29 is 14.3 Å². The number of guanidine groups is 1. The van der Waals surface area contributed by atoms with E-state index in [-0.39, 0.29) is 36.1 Å². The van der Waals surface area contributed by atoms with Crippen LogP contribution in [-0.4, -0.2) is 94.0 Å². The number of halogens is 1. The van der Waals surface area contributed by atoms with Gasteiger partial charge < -0.3 is 29.9 Å². The van der Waals surface area contributed by atoms with Crippen LogP contribution < -0.4 is 10.6 Å². The molecule has 1 saturated heterocycles. The third-order valence-corrected chi connectivity index (χ3v) is 3.87. The van der Waals surface area contributed by atoms with Crippen LogP contribution in [0, 0.1) is 0 Å². The maximum atomic E-state index is 11.9. The lowest BCUT2D eigenvalue weighted by Gasteiger charge is -2.24. The monoisotopic (exact) mass is 485 g/mol. The van der Waals surface area contributed by atoms with Crippen LogP contribution in [0.3, 0.4) is 0 Å². The molecule has 1 rings (SSSR count). The standard InChI is InChI=1S/C17H35N5O3.HI/c1-17(2,3)25-16(23)20-14-7-9-22(13-14)15(18-4)19-8-10-21(5)11-12-24-6;/h14H,7-13H2,1-6H3,(H,18,19)(H,20,23);1H. The summed E-state index contributed by atoms with van der Waals surface area (Å²) in [5.41, 5.74) is -0.477. The van der Waals surface area contributed by atoms with Crippen molar-refractivity contribution in [2.45, 2.75) is 38.8 Å². The zero-order valence-corrected chi connectivity index (χ0v) is 19.3. The lowest BCUT2D eigenvalue weighted by atomic mass is 10.2. The van der Waals surface area contributed by atoms with Crippen molar-refractivity contribution in [3.63, 3.8) is 0 Å². The van der Waals surface area contributed by atoms with Gasteiger partial charge in [-0.3, -0.25) is 4.99 Å². The maximum absolute atomic E-state index is 11.9. The Morgan fingerprint density at radius 2 is 2.04 bits per heavy atom. The summed E-state index contributed by atoms with van der Waals surface area (Å²) < 4.78 is 10.4. The van der Waals surface area contributed by atoms with Crippen LogP contribution in [0.25, 0.3) is 0 Å². The zero-order chi connectivity index (χ0) is 18.9. The molecular weight excluding hydrogens is 449 g/mol. The van der Waals surface area contributed by atoms with Crippen LogP contribution in [-0.2, 0) is 9.47 Å². The fraction of sp³-hybridized carbons (Fsp3) is 0.882. The number of hydrogen-bond acceptors (Lipinski definition) is 5. The van der Waals surface area contributed by atoms with Gasteiger partial charge in [0.05, 0.1) is 12.6 Å². The first-order valence-corrected chi connectivity index (χ1v) is 8.87. The summed E-state index contributed by atoms with van der Waals surface area (Å²) in [4.78, 5) is 20.6. The number of nitrogens with one attached hydrogen (secondary N) is 2. The van der Waals surface area contributed by atoms with Crippen molar-refractivity contribution in [3.05, 3.63) is 0 Å². The number of alkyl carbamates (subject to hydrolysis) is 1. The molecule has 0 aromatic rings. The SMILES string of the molecule is CN=C(NCCN(C)CCOC)N1CCC(NC(=O)OC(C)(C)C)C1.I. The number of ether oxygens (including phenoxy) is 2. The predicted octanol–water partition coefficient (Wildman–Crippen LogP) is 1.36. The van der Waals surface area contributed by atoms with Gasteiger partial charge in [-0.15, -0.1) is 24.0 Å². The van der Waals surface area contributed by atoms with E-state index in [4.69, 9.17) is 9.47 Å². The van der Waals surface area contributed by atoms with Gasteiger partial charge in [0.25, 0.3) is 0 Å². The predicted molar refractivity (Wildman–Crippen MR) is 115 cm³/mol. The van der Waals surface area contributed by atoms with E-state index in [1.165, 1.54) is 0 Å². The van der Waals surface area contributed by atoms with Gasteiger partial charge in [0.15, 0.2) is 5.96 Å². The number of carbonyl (C=O) groups excluding carboxylic acids is 1. The molecule has 0 bridgehead atoms. The minimum Gasteiger partial charge on any atom is -0.444 e. The van der Waals surface area contributed by atoms with Gasteiger partial charge >= 0.3 is 6.09 Å². The summed E-state index contributed by atoms with van der Waals surface area (Å²) in [6.45, 7) is 10.5. The van der Waals surface area contributed by atoms with E-state index >= 15 is 0 Å². The number of likely N-dealkylation sites (N-methyl/N-ethyl adjacent to an activating group) is 1. The molecule has 0 aromatic carbocycles. The highest BCUT2D eigenvalue weighted by atomic mass is 127. The number of likely N-dealkylation sites (tertiary alicyclic amines) is 1. The Bertz CT molecular complexity index is 443. The van der Waals surface area contributed by atoms with Gasteiger partial charge in [0.1, 0.15) is 5.60 Å². The van der Waals surface area contributed by atoms with Crippen LogP contribution >= 0.6 is 24.0 Å². The van der Waals surface area contributed by atoms with Crippen LogP contribution in [0.5, 0.6) is 0 Å². The molecule has 1 aliphatic heterocycles. The van der Waals surface area contributed by atoms with E-state index in [0.29, 0.717) is 0 Å². The van der Waals surface area contributed by atoms with Gasteiger partial charge in [-0.2, -0.15) is 0 Å². The maximum Gasteiger partial charge on any atom is 0.407 e. The molecule has 0 radical (unpaired) electrons. The van der Waals surface area contributed by atoms with Crippen molar-refractivity contribution in [2.75, 3.05) is 60.5 Å². The molecule has 1 unspecified atom stereocenters. The quantitative estimate of drug-likeness (QED) is 0.322. The van der Waals surface area contributed by atoms with Gasteiger partial charge in [0.2, 0.25) is 0 Å². The summed E-state index contributed by atoms with van der Waals surface area (Å²) in [7, 11) is 5.56. The number of rotatable bonds is 7. The van der Waals surface area contributed by atoms with Crippen molar-refractivity contribution in [1.82, 2.24) is 20.4 Å². The molecule has 1 fully saturated rings. The molecule has 0 aliphatic carbocycles. The number of hydrogen-bond donors (Lipinski definition) is 2. The van der Waals surface area contributed by atoms with Crippen molar-refractivity contribution >= 4 is 36.0 Å². The van der Waals surface area contributed by atoms with E-state index in [1.807, 2.05) is 20.8 Å². The normalized spacial score (nSPS) is 17.9. The minimum absolute atomic E-state index is 0. The topological polar surface area (TPSA) is 78.4 Å². The largest absolute Gasteiger partial charge is 0.444 e. The average Bonchev–Trinajstić information content (AvgIpc) is 2.95. The molecule has 26 heavy (non-hydrogen) atoms. The zero-order valence-electron chi connectivity index (χ0n) is 17.0. The number of carbonyl (C=O) groups is 1. The minimum atomic E-state index is -0.477. The second-order valence-corrected chi connectivity index (χ2v) is 7.35. The molecule has 0 spiro atoms. The van der Waals surface area contributed by atoms with Gasteiger partial charge in [-0.1, -0.05) is 0 Å². The van der Waals surface area contributed by atoms with Crippen LogP contribution in [0.15, 0.2) is 4.99 Å². The number of methoxy groups -OCH3 is 1. The van der Waals surface area contributed by atoms with Crippen molar-refractivity contribution in [1.29, 1.82) is 0 Å². The van der Waals surface area contributed by atoms with Crippen LogP contribution in [0.4, 0.5) is 4.79 Å². The van der Waals surface area contributed by atoms with Gasteiger partial charge in [-0.25, -0.2) is 4.79 Å². The first-order chi connectivity index (χ1) is 11.7. The van der Waals surface area contributed by atoms with Crippen LogP contribution in [0.2, 0.25) is 0 Å². The first-order valence-electron chi connectivity index (χ1n) is 8.87. The van der Waals surface area contributed by atoms with E-state index in [9.17, 15) is 4.79 Å². The Kier molecular flexibility index (Phi) is 12.2. The third-order valence-electron chi connectivity index (χ3n) is 3.87. The van der Waals surface area contributed by atoms with E-state index in [1.54, 1.807) is 14.2 Å². The molecular formula is C17H36IN5O3. The third kappa shape index (κ3) is 10.4. The smallest absolute Gasteiger partial charge is 0.407 e. The van der Waals surface area contributed by atoms with E-state index in [2.05, 4.69) is 32.5 Å². The summed E-state index contributed by atoms with van der Waals surface area (Å²) in [5, 5.41) is 6.31. The lowest BCUT2D eigenvalue weighted by molar-refractivity contribution is 0.0507. The fourth-order valence-electron chi connectivity index (χ4n) is 2.59. The second kappa shape index (κ2) is 12.6. The van der Waals surface area contributed by atoms with E-state index < -0.39 is 5.60 Å². The molecule has 8 nitrogen and oxygen atoms in total. The van der Waals surface area contributed by atoms with Gasteiger partial charge in [-0.05, 0) is 34.2 Å². The Morgan fingerprint density at radius 3 is 2.62 bits per heavy atom. The van der Waals surface area contributed by atoms with Crippen molar-refractivity contribution in [3.8, 4) is 0 Å². The Hall–Kier alpha value is -0.810. The summed E-state index contributed by atoms with van der Waals surface area (Å²) in [6.07, 6.45) is 0.523. The summed E-state index contributed by atoms with van der Waals surface area (Å²) in [5.74, 6) is 0.869. The molecule has 1 amide bonds. The molecule has 1 heterocycles. The summed E-state index contributed by atoms with van der Waals surface area (Å²) in [6, 6.07) is 0.0813. The van der Waals surface area contributed by atoms with Gasteiger partial charge in [0, 0.05) is 46.9 Å². The van der Waals surface area contributed by atoms with E-state index in [0.717, 1.165) is 51.7 Å². The van der Waals surface area contributed by atoms with Crippen LogP contribution in [0.1, 0.15) is 27.2 Å². The molecule has 1 aliphatic rings. The Morgan fingerprint density at radius 1 is 1.35 bits per heavy atom. The molecule has 1 atom stereocenters. The highest BCUT2D eigenvalue weighted by Crippen LogP contribution is 2.11. The molecule has 0 saturated carbocycles. The highest BCUT2D eigenvalue weighted by Gasteiger charge is 2.27. The first kappa shape index (κ1) is 25.2. The Labute approximate surface area is 175 Å². The lowest BCUT2D eigenvalue weighted by Crippen LogP contribution is -2.45. The average molecular weight is 485 g/mol. The second-order valence-electron chi connectivity index (χ2n) is 7.35. The number of aliphatic imine (C=N–C) groups is 1. The number of amides is 1. The Balaban J connectivity index is 0.00000625. The highest BCUT2D eigenvalue weighted by molar-refractivity contribution is 14.0.